The lowest BCUT2D eigenvalue weighted by Crippen LogP contribution is -2.27. The Morgan fingerprint density at radius 3 is 2.72 bits per heavy atom. The Bertz CT molecular complexity index is 1020. The number of hydrogen-bond donors (Lipinski definition) is 1. The minimum atomic E-state index is -0.146. The lowest BCUT2D eigenvalue weighted by Gasteiger charge is -2.14. The van der Waals surface area contributed by atoms with E-state index >= 15 is 0 Å². The zero-order chi connectivity index (χ0) is 21.0. The first-order valence-electron chi connectivity index (χ1n) is 9.39. The smallest absolute Gasteiger partial charge is 0.251 e. The van der Waals surface area contributed by atoms with Gasteiger partial charge in [-0.25, -0.2) is 0 Å². The average Bonchev–Trinajstić information content (AvgIpc) is 3.08. The summed E-state index contributed by atoms with van der Waals surface area (Å²) in [6, 6.07) is 12.3. The van der Waals surface area contributed by atoms with Crippen LogP contribution in [0.3, 0.4) is 0 Å². The first-order chi connectivity index (χ1) is 13.9. The number of nitrogens with one attached hydrogen (secondary N) is 1. The summed E-state index contributed by atoms with van der Waals surface area (Å²) in [6.07, 6.45) is 1.97. The van der Waals surface area contributed by atoms with Gasteiger partial charge >= 0.3 is 0 Å². The topological polar surface area (TPSA) is 56.2 Å². The second-order valence-corrected chi connectivity index (χ2v) is 7.63. The molecular formula is C22H23Cl2N3O2. The molecule has 0 aliphatic rings. The van der Waals surface area contributed by atoms with Crippen LogP contribution in [0.4, 0.5) is 0 Å². The Morgan fingerprint density at radius 2 is 2.03 bits per heavy atom. The molecule has 1 atom stereocenters. The van der Waals surface area contributed by atoms with Crippen molar-refractivity contribution in [3.63, 3.8) is 0 Å². The van der Waals surface area contributed by atoms with Gasteiger partial charge in [0.15, 0.2) is 0 Å². The molecule has 0 fully saturated rings. The molecule has 5 nitrogen and oxygen atoms in total. The van der Waals surface area contributed by atoms with E-state index in [1.807, 2.05) is 49.8 Å². The van der Waals surface area contributed by atoms with E-state index in [-0.39, 0.29) is 11.9 Å². The monoisotopic (exact) mass is 431 g/mol. The molecule has 0 saturated carbocycles. The second-order valence-electron chi connectivity index (χ2n) is 6.78. The number of nitrogens with zero attached hydrogens (tertiary/aromatic N) is 2. The molecule has 0 spiro atoms. The Kier molecular flexibility index (Phi) is 6.83. The van der Waals surface area contributed by atoms with Crippen LogP contribution in [-0.4, -0.2) is 15.7 Å². The predicted octanol–water partition coefficient (Wildman–Crippen LogP) is 5.59. The van der Waals surface area contributed by atoms with Crippen LogP contribution in [0.2, 0.25) is 10.0 Å². The van der Waals surface area contributed by atoms with Crippen LogP contribution >= 0.6 is 23.2 Å². The maximum absolute atomic E-state index is 12.7. The second kappa shape index (κ2) is 9.33. The van der Waals surface area contributed by atoms with E-state index < -0.39 is 0 Å². The van der Waals surface area contributed by atoms with Crippen LogP contribution in [0, 0.1) is 6.92 Å². The number of carbonyl (C=O) groups is 1. The standard InChI is InChI=1S/C22H23Cl2N3O2/c1-4-27-12-19(15(3)26-27)14(2)25-22(28)17-7-5-6-16(10-17)13-29-21-9-8-18(23)11-20(21)24/h5-12,14H,4,13H2,1-3H3,(H,25,28)/t14-/m1/s1. The van der Waals surface area contributed by atoms with Crippen LogP contribution in [0.25, 0.3) is 0 Å². The molecule has 152 valence electrons. The Balaban J connectivity index is 1.66. The maximum atomic E-state index is 12.7. The summed E-state index contributed by atoms with van der Waals surface area (Å²) in [4.78, 5) is 12.7. The summed E-state index contributed by atoms with van der Waals surface area (Å²) in [6.45, 7) is 7.02. The zero-order valence-electron chi connectivity index (χ0n) is 16.6. The third kappa shape index (κ3) is 5.31. The Hall–Kier alpha value is -2.50. The van der Waals surface area contributed by atoms with Gasteiger partial charge in [-0.2, -0.15) is 5.10 Å². The van der Waals surface area contributed by atoms with Crippen LogP contribution in [0.1, 0.15) is 47.1 Å². The lowest BCUT2D eigenvalue weighted by molar-refractivity contribution is 0.0939. The molecule has 0 bridgehead atoms. The van der Waals surface area contributed by atoms with Crippen molar-refractivity contribution in [1.29, 1.82) is 0 Å². The zero-order valence-corrected chi connectivity index (χ0v) is 18.1. The fourth-order valence-corrected chi connectivity index (χ4v) is 3.50. The van der Waals surface area contributed by atoms with Gasteiger partial charge in [0.1, 0.15) is 12.4 Å². The molecule has 29 heavy (non-hydrogen) atoms. The number of benzene rings is 2. The Morgan fingerprint density at radius 1 is 1.24 bits per heavy atom. The van der Waals surface area contributed by atoms with E-state index in [1.165, 1.54) is 0 Å². The van der Waals surface area contributed by atoms with Gasteiger partial charge in [-0.1, -0.05) is 35.3 Å². The molecule has 1 amide bonds. The molecule has 1 heterocycles. The lowest BCUT2D eigenvalue weighted by atomic mass is 10.1. The van der Waals surface area contributed by atoms with Crippen LogP contribution in [0.15, 0.2) is 48.7 Å². The van der Waals surface area contributed by atoms with Gasteiger partial charge in [-0.15, -0.1) is 0 Å². The molecule has 1 aromatic heterocycles. The molecule has 0 saturated heterocycles. The van der Waals surface area contributed by atoms with Crippen molar-refractivity contribution in [2.24, 2.45) is 0 Å². The normalized spacial score (nSPS) is 11.9. The number of aromatic nitrogens is 2. The summed E-state index contributed by atoms with van der Waals surface area (Å²) in [7, 11) is 0. The van der Waals surface area contributed by atoms with Gasteiger partial charge in [0.25, 0.3) is 5.91 Å². The van der Waals surface area contributed by atoms with Crippen molar-refractivity contribution in [2.45, 2.75) is 40.0 Å². The number of ether oxygens (including phenoxy) is 1. The quantitative estimate of drug-likeness (QED) is 0.530. The van der Waals surface area contributed by atoms with E-state index in [2.05, 4.69) is 10.4 Å². The molecule has 0 aliphatic heterocycles. The van der Waals surface area contributed by atoms with Crippen molar-refractivity contribution in [3.8, 4) is 5.75 Å². The Labute approximate surface area is 180 Å². The van der Waals surface area contributed by atoms with Crippen molar-refractivity contribution >= 4 is 29.1 Å². The highest BCUT2D eigenvalue weighted by molar-refractivity contribution is 6.35. The molecular weight excluding hydrogens is 409 g/mol. The highest BCUT2D eigenvalue weighted by Crippen LogP contribution is 2.28. The van der Waals surface area contributed by atoms with Gasteiger partial charge in [0, 0.05) is 28.9 Å². The summed E-state index contributed by atoms with van der Waals surface area (Å²) in [5.74, 6) is 0.399. The fourth-order valence-electron chi connectivity index (χ4n) is 3.03. The molecule has 1 N–H and O–H groups in total. The fraction of sp³-hybridized carbons (Fsp3) is 0.273. The molecule has 3 aromatic rings. The first-order valence-corrected chi connectivity index (χ1v) is 10.1. The van der Waals surface area contributed by atoms with E-state index in [9.17, 15) is 4.79 Å². The SMILES string of the molecule is CCn1cc([C@@H](C)NC(=O)c2cccc(COc3ccc(Cl)cc3Cl)c2)c(C)n1. The predicted molar refractivity (Wildman–Crippen MR) is 116 cm³/mol. The van der Waals surface area contributed by atoms with Gasteiger partial charge in [-0.3, -0.25) is 9.48 Å². The van der Waals surface area contributed by atoms with Crippen molar-refractivity contribution < 1.29 is 9.53 Å². The summed E-state index contributed by atoms with van der Waals surface area (Å²) < 4.78 is 7.63. The minimum absolute atomic E-state index is 0.143. The van der Waals surface area contributed by atoms with Gasteiger partial charge in [0.05, 0.1) is 16.8 Å². The number of amides is 1. The molecule has 0 unspecified atom stereocenters. The number of hydrogen-bond acceptors (Lipinski definition) is 3. The number of rotatable bonds is 7. The van der Waals surface area contributed by atoms with Crippen molar-refractivity contribution in [1.82, 2.24) is 15.1 Å². The highest BCUT2D eigenvalue weighted by atomic mass is 35.5. The number of aryl methyl sites for hydroxylation is 2. The molecule has 7 heteroatoms. The molecule has 0 aliphatic carbocycles. The molecule has 3 rings (SSSR count). The third-order valence-corrected chi connectivity index (χ3v) is 5.13. The van der Waals surface area contributed by atoms with Crippen LogP contribution < -0.4 is 10.1 Å². The minimum Gasteiger partial charge on any atom is -0.487 e. The summed E-state index contributed by atoms with van der Waals surface area (Å²) in [5, 5.41) is 8.48. The largest absolute Gasteiger partial charge is 0.487 e. The average molecular weight is 432 g/mol. The molecule has 2 aromatic carbocycles. The van der Waals surface area contributed by atoms with E-state index in [4.69, 9.17) is 27.9 Å². The molecule has 0 radical (unpaired) electrons. The van der Waals surface area contributed by atoms with Gasteiger partial charge < -0.3 is 10.1 Å². The van der Waals surface area contributed by atoms with E-state index in [0.29, 0.717) is 28.0 Å². The van der Waals surface area contributed by atoms with Gasteiger partial charge in [0.2, 0.25) is 0 Å². The van der Waals surface area contributed by atoms with Crippen LogP contribution in [-0.2, 0) is 13.2 Å². The van der Waals surface area contributed by atoms with E-state index in [0.717, 1.165) is 23.4 Å². The third-order valence-electron chi connectivity index (χ3n) is 4.60. The van der Waals surface area contributed by atoms with E-state index in [1.54, 1.807) is 24.3 Å². The van der Waals surface area contributed by atoms with Crippen molar-refractivity contribution in [3.05, 3.63) is 81.1 Å². The first kappa shape index (κ1) is 21.2. The number of halogens is 2. The summed E-state index contributed by atoms with van der Waals surface area (Å²) in [5.41, 5.74) is 3.37. The number of carbonyl (C=O) groups excluding carboxylic acids is 1. The maximum Gasteiger partial charge on any atom is 0.251 e. The van der Waals surface area contributed by atoms with Crippen LogP contribution in [0.5, 0.6) is 5.75 Å². The van der Waals surface area contributed by atoms with Crippen molar-refractivity contribution in [2.75, 3.05) is 0 Å². The summed E-state index contributed by atoms with van der Waals surface area (Å²) >= 11 is 12.0. The van der Waals surface area contributed by atoms with Gasteiger partial charge in [-0.05, 0) is 56.7 Å². The highest BCUT2D eigenvalue weighted by Gasteiger charge is 2.16.